The Kier molecular flexibility index (Phi) is 4.04. The first kappa shape index (κ1) is 14.1. The molecule has 20 heavy (non-hydrogen) atoms. The maximum absolute atomic E-state index is 12.1. The number of hydrogen-bond acceptors (Lipinski definition) is 6. The monoisotopic (exact) mass is 292 g/mol. The zero-order chi connectivity index (χ0) is 14.7. The third-order valence-electron chi connectivity index (χ3n) is 2.48. The summed E-state index contributed by atoms with van der Waals surface area (Å²) in [5, 5.41) is 15.3. The summed E-state index contributed by atoms with van der Waals surface area (Å²) in [7, 11) is 0. The molecule has 0 radical (unpaired) electrons. The molecule has 0 aliphatic carbocycles. The van der Waals surface area contributed by atoms with Crippen LogP contribution in [0.3, 0.4) is 0 Å². The number of nitrogens with zero attached hydrogens (tertiary/aromatic N) is 3. The summed E-state index contributed by atoms with van der Waals surface area (Å²) in [5.41, 5.74) is 0.483. The maximum Gasteiger partial charge on any atom is 0.354 e. The van der Waals surface area contributed by atoms with Gasteiger partial charge >= 0.3 is 5.97 Å². The second kappa shape index (κ2) is 5.74. The predicted octanol–water partition coefficient (Wildman–Crippen LogP) is 2.01. The number of rotatable bonds is 4. The molecule has 7 nitrogen and oxygen atoms in total. The number of carbonyl (C=O) groups is 2. The lowest BCUT2D eigenvalue weighted by atomic mass is 10.1. The van der Waals surface area contributed by atoms with Gasteiger partial charge in [0.05, 0.1) is 5.69 Å². The van der Waals surface area contributed by atoms with Crippen molar-refractivity contribution < 1.29 is 14.7 Å². The van der Waals surface area contributed by atoms with E-state index in [0.29, 0.717) is 10.6 Å². The number of carbonyl (C=O) groups excluding carboxylic acids is 1. The van der Waals surface area contributed by atoms with Crippen molar-refractivity contribution in [3.63, 3.8) is 0 Å². The number of carboxylic acid groups (broad SMARTS) is 1. The van der Waals surface area contributed by atoms with E-state index in [2.05, 4.69) is 19.9 Å². The molecule has 0 aliphatic heterocycles. The topological polar surface area (TPSA) is 105 Å². The average molecular weight is 292 g/mol. The molecule has 2 N–H and O–H groups in total. The van der Waals surface area contributed by atoms with E-state index in [0.717, 1.165) is 11.5 Å². The minimum absolute atomic E-state index is 0.0767. The predicted molar refractivity (Wildman–Crippen MR) is 73.1 cm³/mol. The fourth-order valence-electron chi connectivity index (χ4n) is 1.53. The maximum atomic E-state index is 12.1. The lowest BCUT2D eigenvalue weighted by Crippen LogP contribution is -2.15. The van der Waals surface area contributed by atoms with Gasteiger partial charge in [-0.3, -0.25) is 4.79 Å². The highest BCUT2D eigenvalue weighted by Crippen LogP contribution is 2.20. The summed E-state index contributed by atoms with van der Waals surface area (Å²) in [6.45, 7) is 3.83. The van der Waals surface area contributed by atoms with Gasteiger partial charge in [-0.1, -0.05) is 24.4 Å². The van der Waals surface area contributed by atoms with E-state index in [9.17, 15) is 9.59 Å². The SMILES string of the molecule is CC(C)c1nnsc1C(=O)Nc1cccc(C(=O)O)n1. The lowest BCUT2D eigenvalue weighted by Gasteiger charge is -2.05. The van der Waals surface area contributed by atoms with Gasteiger partial charge in [0.1, 0.15) is 10.7 Å². The number of aromatic carboxylic acids is 1. The molecule has 0 saturated carbocycles. The first-order valence-corrected chi connectivity index (χ1v) is 6.60. The van der Waals surface area contributed by atoms with Crippen LogP contribution in [-0.4, -0.2) is 31.6 Å². The van der Waals surface area contributed by atoms with Crippen LogP contribution < -0.4 is 5.32 Å². The van der Waals surface area contributed by atoms with Crippen molar-refractivity contribution in [3.05, 3.63) is 34.5 Å². The molecular weight excluding hydrogens is 280 g/mol. The molecule has 0 aliphatic rings. The van der Waals surface area contributed by atoms with Crippen molar-refractivity contribution in [2.45, 2.75) is 19.8 Å². The number of aromatic nitrogens is 3. The lowest BCUT2D eigenvalue weighted by molar-refractivity contribution is 0.0690. The van der Waals surface area contributed by atoms with Crippen molar-refractivity contribution >= 4 is 29.2 Å². The molecule has 104 valence electrons. The Morgan fingerprint density at radius 2 is 2.10 bits per heavy atom. The van der Waals surface area contributed by atoms with E-state index in [4.69, 9.17) is 5.11 Å². The number of hydrogen-bond donors (Lipinski definition) is 2. The Labute approximate surface area is 118 Å². The summed E-state index contributed by atoms with van der Waals surface area (Å²) in [4.78, 5) is 27.2. The molecular formula is C12H12N4O3S. The molecule has 0 spiro atoms. The molecule has 2 rings (SSSR count). The molecule has 0 aromatic carbocycles. The van der Waals surface area contributed by atoms with Gasteiger partial charge < -0.3 is 10.4 Å². The molecule has 0 bridgehead atoms. The highest BCUT2D eigenvalue weighted by molar-refractivity contribution is 7.08. The van der Waals surface area contributed by atoms with Crippen LogP contribution in [0.5, 0.6) is 0 Å². The molecule has 0 saturated heterocycles. The molecule has 2 aromatic rings. The second-order valence-electron chi connectivity index (χ2n) is 4.31. The summed E-state index contributed by atoms with van der Waals surface area (Å²) >= 11 is 0.998. The van der Waals surface area contributed by atoms with Crippen LogP contribution in [0, 0.1) is 0 Å². The van der Waals surface area contributed by atoms with Gasteiger partial charge in [0.2, 0.25) is 0 Å². The second-order valence-corrected chi connectivity index (χ2v) is 5.06. The van der Waals surface area contributed by atoms with Gasteiger partial charge in [0.15, 0.2) is 5.69 Å². The van der Waals surface area contributed by atoms with Crippen molar-refractivity contribution in [3.8, 4) is 0 Å². The van der Waals surface area contributed by atoms with E-state index in [1.165, 1.54) is 18.2 Å². The van der Waals surface area contributed by atoms with Crippen LogP contribution in [0.25, 0.3) is 0 Å². The molecule has 2 heterocycles. The highest BCUT2D eigenvalue weighted by Gasteiger charge is 2.19. The minimum Gasteiger partial charge on any atom is -0.477 e. The van der Waals surface area contributed by atoms with Gasteiger partial charge in [-0.25, -0.2) is 9.78 Å². The van der Waals surface area contributed by atoms with E-state index >= 15 is 0 Å². The van der Waals surface area contributed by atoms with Gasteiger partial charge in [0.25, 0.3) is 5.91 Å². The van der Waals surface area contributed by atoms with Crippen molar-refractivity contribution in [2.24, 2.45) is 0 Å². The van der Waals surface area contributed by atoms with E-state index in [1.807, 2.05) is 13.8 Å². The van der Waals surface area contributed by atoms with Crippen molar-refractivity contribution in [2.75, 3.05) is 5.32 Å². The molecule has 2 aromatic heterocycles. The largest absolute Gasteiger partial charge is 0.477 e. The fourth-order valence-corrected chi connectivity index (χ4v) is 2.24. The Hall–Kier alpha value is -2.35. The Bertz CT molecular complexity index is 654. The van der Waals surface area contributed by atoms with Crippen LogP contribution in [-0.2, 0) is 0 Å². The number of amides is 1. The van der Waals surface area contributed by atoms with E-state index in [1.54, 1.807) is 0 Å². The minimum atomic E-state index is -1.15. The Balaban J connectivity index is 2.21. The van der Waals surface area contributed by atoms with Crippen molar-refractivity contribution in [1.29, 1.82) is 0 Å². The van der Waals surface area contributed by atoms with Gasteiger partial charge in [-0.2, -0.15) is 0 Å². The van der Waals surface area contributed by atoms with Gasteiger partial charge in [-0.15, -0.1) is 5.10 Å². The highest BCUT2D eigenvalue weighted by atomic mass is 32.1. The van der Waals surface area contributed by atoms with Gasteiger partial charge in [-0.05, 0) is 29.6 Å². The molecule has 1 amide bonds. The van der Waals surface area contributed by atoms with Gasteiger partial charge in [0, 0.05) is 0 Å². The van der Waals surface area contributed by atoms with Crippen molar-refractivity contribution in [1.82, 2.24) is 14.6 Å². The van der Waals surface area contributed by atoms with Crippen LogP contribution in [0.15, 0.2) is 18.2 Å². The molecule has 0 atom stereocenters. The van der Waals surface area contributed by atoms with Crippen LogP contribution in [0.4, 0.5) is 5.82 Å². The summed E-state index contributed by atoms with van der Waals surface area (Å²) in [5.74, 6) is -1.28. The first-order chi connectivity index (χ1) is 9.49. The van der Waals surface area contributed by atoms with E-state index < -0.39 is 11.9 Å². The quantitative estimate of drug-likeness (QED) is 0.893. The zero-order valence-corrected chi connectivity index (χ0v) is 11.6. The fraction of sp³-hybridized carbons (Fsp3) is 0.250. The number of carboxylic acids is 1. The molecule has 8 heteroatoms. The molecule has 0 fully saturated rings. The standard InChI is InChI=1S/C12H12N4O3S/c1-6(2)9-10(20-16-15-9)11(17)14-8-5-3-4-7(13-8)12(18)19/h3-6H,1-2H3,(H,18,19)(H,13,14,17). The average Bonchev–Trinajstić information content (AvgIpc) is 2.88. The van der Waals surface area contributed by atoms with Crippen LogP contribution in [0.1, 0.15) is 45.6 Å². The summed E-state index contributed by atoms with van der Waals surface area (Å²) in [6.07, 6.45) is 0. The Morgan fingerprint density at radius 1 is 1.35 bits per heavy atom. The Morgan fingerprint density at radius 3 is 2.75 bits per heavy atom. The smallest absolute Gasteiger partial charge is 0.354 e. The number of nitrogens with one attached hydrogen (secondary N) is 1. The van der Waals surface area contributed by atoms with Crippen LogP contribution in [0.2, 0.25) is 0 Å². The summed E-state index contributed by atoms with van der Waals surface area (Å²) < 4.78 is 3.77. The van der Waals surface area contributed by atoms with E-state index in [-0.39, 0.29) is 17.4 Å². The van der Waals surface area contributed by atoms with Crippen LogP contribution >= 0.6 is 11.5 Å². The summed E-state index contributed by atoms with van der Waals surface area (Å²) in [6, 6.07) is 4.39. The zero-order valence-electron chi connectivity index (χ0n) is 10.8. The first-order valence-electron chi connectivity index (χ1n) is 5.83. The third kappa shape index (κ3) is 2.97. The third-order valence-corrected chi connectivity index (χ3v) is 3.22. The number of anilines is 1. The molecule has 0 unspecified atom stereocenters. The normalized spacial score (nSPS) is 10.6. The number of pyridine rings is 1.